The van der Waals surface area contributed by atoms with E-state index < -0.39 is 5.97 Å². The van der Waals surface area contributed by atoms with E-state index >= 15 is 0 Å². The molecule has 3 rings (SSSR count). The first-order chi connectivity index (χ1) is 10.6. The van der Waals surface area contributed by atoms with Crippen molar-refractivity contribution in [3.8, 4) is 5.75 Å². The number of aromatic carboxylic acids is 1. The molecule has 0 unspecified atom stereocenters. The van der Waals surface area contributed by atoms with Gasteiger partial charge in [0.1, 0.15) is 5.75 Å². The van der Waals surface area contributed by atoms with E-state index in [2.05, 4.69) is 11.1 Å². The van der Waals surface area contributed by atoms with E-state index in [4.69, 9.17) is 4.74 Å². The predicted molar refractivity (Wildman–Crippen MR) is 83.3 cm³/mol. The summed E-state index contributed by atoms with van der Waals surface area (Å²) >= 11 is 1.34. The number of rotatable bonds is 6. The summed E-state index contributed by atoms with van der Waals surface area (Å²) in [6.45, 7) is 2.80. The minimum Gasteiger partial charge on any atom is -0.543 e. The van der Waals surface area contributed by atoms with Crippen molar-refractivity contribution in [2.75, 3.05) is 6.61 Å². The van der Waals surface area contributed by atoms with Crippen LogP contribution in [-0.2, 0) is 6.42 Å². The lowest BCUT2D eigenvalue weighted by Gasteiger charge is -2.25. The fourth-order valence-corrected chi connectivity index (χ4v) is 3.29. The van der Waals surface area contributed by atoms with E-state index in [0.717, 1.165) is 28.5 Å². The van der Waals surface area contributed by atoms with Gasteiger partial charge < -0.3 is 14.6 Å². The van der Waals surface area contributed by atoms with E-state index in [1.54, 1.807) is 0 Å². The number of carbonyl (C=O) groups excluding carboxylic acids is 1. The number of hydrogen-bond donors (Lipinski definition) is 0. The molecule has 0 saturated heterocycles. The largest absolute Gasteiger partial charge is 0.543 e. The number of aryl methyl sites for hydroxylation is 1. The second-order valence-electron chi connectivity index (χ2n) is 5.81. The molecule has 22 heavy (non-hydrogen) atoms. The van der Waals surface area contributed by atoms with Crippen molar-refractivity contribution in [1.29, 1.82) is 0 Å². The number of nitrogens with zero attached hydrogens (tertiary/aromatic N) is 1. The van der Waals surface area contributed by atoms with Gasteiger partial charge in [0.2, 0.25) is 0 Å². The Bertz CT molecular complexity index is 676. The first kappa shape index (κ1) is 15.0. The van der Waals surface area contributed by atoms with Gasteiger partial charge in [-0.25, -0.2) is 4.98 Å². The van der Waals surface area contributed by atoms with Gasteiger partial charge in [-0.05, 0) is 31.7 Å². The summed E-state index contributed by atoms with van der Waals surface area (Å²) < 4.78 is 5.97. The Morgan fingerprint density at radius 2 is 2.27 bits per heavy atom. The highest BCUT2D eigenvalue weighted by Gasteiger charge is 2.18. The fourth-order valence-electron chi connectivity index (χ4n) is 2.50. The third-order valence-electron chi connectivity index (χ3n) is 4.02. The zero-order valence-electron chi connectivity index (χ0n) is 12.5. The maximum Gasteiger partial charge on any atom is 0.122 e. The SMILES string of the molecule is Cc1ccc(OCC2CCC2)c(Cc2nc(C(=O)[O-])cs2)c1. The number of carboxylic acids is 1. The number of aromatic nitrogens is 1. The van der Waals surface area contributed by atoms with Crippen molar-refractivity contribution in [3.63, 3.8) is 0 Å². The standard InChI is InChI=1S/C17H19NO3S/c1-11-5-6-15(21-9-12-3-2-4-12)13(7-11)8-16-18-14(10-22-16)17(19)20/h5-7,10,12H,2-4,8-9H2,1H3,(H,19,20)/p-1. The first-order valence-electron chi connectivity index (χ1n) is 7.50. The minimum atomic E-state index is -1.23. The lowest BCUT2D eigenvalue weighted by Crippen LogP contribution is -2.22. The van der Waals surface area contributed by atoms with E-state index in [1.807, 2.05) is 19.1 Å². The molecule has 0 N–H and O–H groups in total. The smallest absolute Gasteiger partial charge is 0.122 e. The topological polar surface area (TPSA) is 62.2 Å². The molecule has 1 aromatic carbocycles. The Kier molecular flexibility index (Phi) is 4.43. The molecule has 0 aliphatic heterocycles. The van der Waals surface area contributed by atoms with Crippen LogP contribution in [-0.4, -0.2) is 17.6 Å². The van der Waals surface area contributed by atoms with Crippen molar-refractivity contribution in [3.05, 3.63) is 45.4 Å². The maximum atomic E-state index is 10.8. The van der Waals surface area contributed by atoms with E-state index in [1.165, 1.54) is 36.0 Å². The number of thiazole rings is 1. The fraction of sp³-hybridized carbons (Fsp3) is 0.412. The lowest BCUT2D eigenvalue weighted by molar-refractivity contribution is -0.255. The van der Waals surface area contributed by atoms with Gasteiger partial charge in [0.05, 0.1) is 23.3 Å². The van der Waals surface area contributed by atoms with Crippen molar-refractivity contribution in [2.24, 2.45) is 5.92 Å². The maximum absolute atomic E-state index is 10.8. The molecule has 1 aromatic heterocycles. The van der Waals surface area contributed by atoms with Gasteiger partial charge in [-0.3, -0.25) is 0 Å². The van der Waals surface area contributed by atoms with E-state index in [0.29, 0.717) is 12.3 Å². The van der Waals surface area contributed by atoms with E-state index in [9.17, 15) is 9.90 Å². The molecule has 1 saturated carbocycles. The third-order valence-corrected chi connectivity index (χ3v) is 4.87. The Labute approximate surface area is 133 Å². The van der Waals surface area contributed by atoms with Crippen LogP contribution in [0, 0.1) is 12.8 Å². The zero-order chi connectivity index (χ0) is 15.5. The Hall–Kier alpha value is -1.88. The summed E-state index contributed by atoms with van der Waals surface area (Å²) in [4.78, 5) is 14.9. The summed E-state index contributed by atoms with van der Waals surface area (Å²) in [6.07, 6.45) is 4.39. The van der Waals surface area contributed by atoms with Crippen LogP contribution in [0.25, 0.3) is 0 Å². The molecule has 1 aliphatic carbocycles. The molecule has 2 aromatic rings. The average Bonchev–Trinajstić information content (AvgIpc) is 2.88. The molecule has 1 heterocycles. The number of carboxylic acid groups (broad SMARTS) is 1. The quantitative estimate of drug-likeness (QED) is 0.822. The molecule has 4 nitrogen and oxygen atoms in total. The molecular formula is C17H18NO3S-. The zero-order valence-corrected chi connectivity index (χ0v) is 13.3. The monoisotopic (exact) mass is 316 g/mol. The normalized spacial score (nSPS) is 14.6. The molecule has 0 spiro atoms. The molecule has 0 radical (unpaired) electrons. The molecule has 0 bridgehead atoms. The van der Waals surface area contributed by atoms with Gasteiger partial charge in [0.25, 0.3) is 0 Å². The summed E-state index contributed by atoms with van der Waals surface area (Å²) in [5.74, 6) is 0.328. The summed E-state index contributed by atoms with van der Waals surface area (Å²) in [6, 6.07) is 6.11. The van der Waals surface area contributed by atoms with Crippen LogP contribution in [0.15, 0.2) is 23.6 Å². The number of carbonyl (C=O) groups is 1. The van der Waals surface area contributed by atoms with Crippen molar-refractivity contribution >= 4 is 17.3 Å². The van der Waals surface area contributed by atoms with Gasteiger partial charge >= 0.3 is 0 Å². The van der Waals surface area contributed by atoms with Gasteiger partial charge in [-0.1, -0.05) is 24.1 Å². The summed E-state index contributed by atoms with van der Waals surface area (Å²) in [5, 5.41) is 13.1. The van der Waals surface area contributed by atoms with Crippen LogP contribution in [0.5, 0.6) is 5.75 Å². The highest BCUT2D eigenvalue weighted by Crippen LogP contribution is 2.29. The summed E-state index contributed by atoms with van der Waals surface area (Å²) in [7, 11) is 0. The first-order valence-corrected chi connectivity index (χ1v) is 8.38. The number of ether oxygens (including phenoxy) is 1. The highest BCUT2D eigenvalue weighted by atomic mass is 32.1. The molecule has 1 fully saturated rings. The van der Waals surface area contributed by atoms with Crippen LogP contribution in [0.3, 0.4) is 0 Å². The van der Waals surface area contributed by atoms with Gasteiger partial charge in [0.15, 0.2) is 0 Å². The van der Waals surface area contributed by atoms with Gasteiger partial charge in [-0.2, -0.15) is 0 Å². The van der Waals surface area contributed by atoms with Crippen LogP contribution in [0.4, 0.5) is 0 Å². The Morgan fingerprint density at radius 1 is 1.45 bits per heavy atom. The Morgan fingerprint density at radius 3 is 2.91 bits per heavy atom. The van der Waals surface area contributed by atoms with Crippen molar-refractivity contribution < 1.29 is 14.6 Å². The van der Waals surface area contributed by atoms with Crippen LogP contribution in [0.2, 0.25) is 0 Å². The van der Waals surface area contributed by atoms with Crippen molar-refractivity contribution in [2.45, 2.75) is 32.6 Å². The lowest BCUT2D eigenvalue weighted by atomic mass is 9.86. The van der Waals surface area contributed by atoms with E-state index in [-0.39, 0.29) is 5.69 Å². The molecule has 1 aliphatic rings. The molecule has 0 amide bonds. The van der Waals surface area contributed by atoms with Crippen molar-refractivity contribution in [1.82, 2.24) is 4.98 Å². The summed E-state index contributed by atoms with van der Waals surface area (Å²) in [5.41, 5.74) is 2.21. The molecule has 5 heteroatoms. The number of benzene rings is 1. The third kappa shape index (κ3) is 3.47. The van der Waals surface area contributed by atoms with Crippen LogP contribution >= 0.6 is 11.3 Å². The predicted octanol–water partition coefficient (Wildman–Crippen LogP) is 2.58. The minimum absolute atomic E-state index is 0.00425. The second-order valence-corrected chi connectivity index (χ2v) is 6.75. The molecule has 0 atom stereocenters. The number of hydrogen-bond acceptors (Lipinski definition) is 5. The van der Waals surface area contributed by atoms with Crippen LogP contribution < -0.4 is 9.84 Å². The van der Waals surface area contributed by atoms with Gasteiger partial charge in [0, 0.05) is 17.4 Å². The molecule has 116 valence electrons. The van der Waals surface area contributed by atoms with Gasteiger partial charge in [-0.15, -0.1) is 11.3 Å². The van der Waals surface area contributed by atoms with Crippen LogP contribution in [0.1, 0.15) is 45.9 Å². The highest BCUT2D eigenvalue weighted by molar-refractivity contribution is 7.09. The Balaban J connectivity index is 1.74. The average molecular weight is 316 g/mol. The second kappa shape index (κ2) is 6.48. The molecular weight excluding hydrogens is 298 g/mol.